The Kier molecular flexibility index (Phi) is 7.55. The zero-order chi connectivity index (χ0) is 27.6. The van der Waals surface area contributed by atoms with E-state index >= 15 is 0 Å². The van der Waals surface area contributed by atoms with Crippen molar-refractivity contribution in [2.45, 2.75) is 30.8 Å². The number of ether oxygens (including phenoxy) is 1. The van der Waals surface area contributed by atoms with E-state index in [-0.39, 0.29) is 17.2 Å². The normalized spacial score (nSPS) is 12.7. The molecule has 10 heteroatoms. The standard InChI is InChI=1S/C30H25N3O4S3/c1-37-29(36)25-21(18-10-4-2-5-11-18)16-38-26(25)31-23(34)17-39-30-32-27-24(20-14-8-9-15-22(20)40-27)28(35)33(30)19-12-6-3-7-13-19/h2-7,10-13,16H,8-9,14-15,17H2,1H3,(H,31,34). The highest BCUT2D eigenvalue weighted by atomic mass is 32.2. The summed E-state index contributed by atoms with van der Waals surface area (Å²) in [5, 5.41) is 6.30. The minimum atomic E-state index is -0.519. The van der Waals surface area contributed by atoms with Crippen molar-refractivity contribution in [3.05, 3.63) is 92.4 Å². The Labute approximate surface area is 242 Å². The van der Waals surface area contributed by atoms with Crippen LogP contribution in [-0.4, -0.2) is 34.3 Å². The van der Waals surface area contributed by atoms with Crippen LogP contribution >= 0.6 is 34.4 Å². The van der Waals surface area contributed by atoms with E-state index in [4.69, 9.17) is 9.72 Å². The van der Waals surface area contributed by atoms with Crippen LogP contribution in [0.5, 0.6) is 0 Å². The van der Waals surface area contributed by atoms with Crippen LogP contribution in [0.25, 0.3) is 27.0 Å². The molecule has 2 aromatic carbocycles. The van der Waals surface area contributed by atoms with E-state index in [0.29, 0.717) is 32.4 Å². The molecule has 3 aromatic heterocycles. The first-order valence-electron chi connectivity index (χ1n) is 12.9. The molecule has 0 aliphatic heterocycles. The predicted molar refractivity (Wildman–Crippen MR) is 162 cm³/mol. The van der Waals surface area contributed by atoms with Gasteiger partial charge in [0.05, 0.1) is 23.9 Å². The quantitative estimate of drug-likeness (QED) is 0.132. The van der Waals surface area contributed by atoms with E-state index in [9.17, 15) is 14.4 Å². The summed E-state index contributed by atoms with van der Waals surface area (Å²) in [6.07, 6.45) is 4.06. The summed E-state index contributed by atoms with van der Waals surface area (Å²) in [6.45, 7) is 0. The number of thiophene rings is 2. The third-order valence-electron chi connectivity index (χ3n) is 6.82. The third kappa shape index (κ3) is 4.98. The summed E-state index contributed by atoms with van der Waals surface area (Å²) < 4.78 is 6.64. The van der Waals surface area contributed by atoms with Gasteiger partial charge in [0.1, 0.15) is 15.4 Å². The summed E-state index contributed by atoms with van der Waals surface area (Å²) in [4.78, 5) is 46.6. The number of fused-ring (bicyclic) bond motifs is 3. The van der Waals surface area contributed by atoms with Crippen LogP contribution in [0.3, 0.4) is 0 Å². The molecule has 7 nitrogen and oxygen atoms in total. The van der Waals surface area contributed by atoms with E-state index in [1.54, 1.807) is 15.9 Å². The second-order valence-corrected chi connectivity index (χ2v) is 12.2. The molecule has 40 heavy (non-hydrogen) atoms. The molecule has 1 aliphatic carbocycles. The summed E-state index contributed by atoms with van der Waals surface area (Å²) >= 11 is 4.06. The van der Waals surface area contributed by atoms with Gasteiger partial charge in [-0.1, -0.05) is 60.3 Å². The number of methoxy groups -OCH3 is 1. The molecular weight excluding hydrogens is 563 g/mol. The van der Waals surface area contributed by atoms with E-state index in [1.165, 1.54) is 35.1 Å². The van der Waals surface area contributed by atoms with Crippen molar-refractivity contribution >= 4 is 61.5 Å². The number of rotatable bonds is 7. The number of esters is 1. The number of carbonyl (C=O) groups excluding carboxylic acids is 2. The molecule has 1 N–H and O–H groups in total. The minimum absolute atomic E-state index is 0.00898. The van der Waals surface area contributed by atoms with Gasteiger partial charge >= 0.3 is 5.97 Å². The molecule has 0 radical (unpaired) electrons. The van der Waals surface area contributed by atoms with Crippen LogP contribution < -0.4 is 10.9 Å². The molecule has 0 saturated heterocycles. The van der Waals surface area contributed by atoms with Gasteiger partial charge in [-0.2, -0.15) is 0 Å². The Morgan fingerprint density at radius 2 is 1.77 bits per heavy atom. The highest BCUT2D eigenvalue weighted by Gasteiger charge is 2.25. The topological polar surface area (TPSA) is 90.3 Å². The zero-order valence-corrected chi connectivity index (χ0v) is 24.1. The number of para-hydroxylation sites is 1. The monoisotopic (exact) mass is 587 g/mol. The molecule has 202 valence electrons. The van der Waals surface area contributed by atoms with Gasteiger partial charge in [0, 0.05) is 15.8 Å². The smallest absolute Gasteiger partial charge is 0.341 e. The Morgan fingerprint density at radius 1 is 1.05 bits per heavy atom. The fourth-order valence-electron chi connectivity index (χ4n) is 4.97. The maximum Gasteiger partial charge on any atom is 0.341 e. The van der Waals surface area contributed by atoms with Gasteiger partial charge in [-0.3, -0.25) is 14.2 Å². The minimum Gasteiger partial charge on any atom is -0.465 e. The van der Waals surface area contributed by atoms with Crippen molar-refractivity contribution in [3.63, 3.8) is 0 Å². The molecule has 0 unspecified atom stereocenters. The SMILES string of the molecule is COC(=O)c1c(-c2ccccc2)csc1NC(=O)CSc1nc2sc3c(c2c(=O)n1-c1ccccc1)CCCC3. The van der Waals surface area contributed by atoms with Gasteiger partial charge in [0.15, 0.2) is 5.16 Å². The molecule has 1 aliphatic rings. The Bertz CT molecular complexity index is 1780. The predicted octanol–water partition coefficient (Wildman–Crippen LogP) is 6.57. The lowest BCUT2D eigenvalue weighted by Gasteiger charge is -2.13. The number of thioether (sulfide) groups is 1. The maximum absolute atomic E-state index is 13.9. The number of amides is 1. The number of hydrogen-bond donors (Lipinski definition) is 1. The number of carbonyl (C=O) groups is 2. The molecule has 0 spiro atoms. The van der Waals surface area contributed by atoms with E-state index in [0.717, 1.165) is 41.6 Å². The number of anilines is 1. The second kappa shape index (κ2) is 11.4. The van der Waals surface area contributed by atoms with Crippen molar-refractivity contribution in [1.82, 2.24) is 9.55 Å². The number of aryl methyl sites for hydroxylation is 2. The van der Waals surface area contributed by atoms with Crippen molar-refractivity contribution in [1.29, 1.82) is 0 Å². The molecule has 3 heterocycles. The molecular formula is C30H25N3O4S3. The average Bonchev–Trinajstić information content (AvgIpc) is 3.58. The van der Waals surface area contributed by atoms with Crippen molar-refractivity contribution in [3.8, 4) is 16.8 Å². The van der Waals surface area contributed by atoms with Crippen LogP contribution in [0.4, 0.5) is 5.00 Å². The lowest BCUT2D eigenvalue weighted by atomic mass is 9.97. The maximum atomic E-state index is 13.9. The summed E-state index contributed by atoms with van der Waals surface area (Å²) in [6, 6.07) is 18.9. The molecule has 0 saturated carbocycles. The number of aromatic nitrogens is 2. The number of benzene rings is 2. The Morgan fingerprint density at radius 3 is 2.52 bits per heavy atom. The molecule has 5 aromatic rings. The third-order valence-corrected chi connectivity index (χ3v) is 9.84. The molecule has 6 rings (SSSR count). The fraction of sp³-hybridized carbons (Fsp3) is 0.200. The first-order chi connectivity index (χ1) is 19.5. The van der Waals surface area contributed by atoms with Crippen molar-refractivity contribution in [2.24, 2.45) is 0 Å². The van der Waals surface area contributed by atoms with Gasteiger partial charge in [-0.25, -0.2) is 9.78 Å². The van der Waals surface area contributed by atoms with Gasteiger partial charge in [-0.05, 0) is 48.9 Å². The van der Waals surface area contributed by atoms with Gasteiger partial charge in [-0.15, -0.1) is 22.7 Å². The first kappa shape index (κ1) is 26.5. The fourth-order valence-corrected chi connectivity index (χ4v) is 8.05. The summed E-state index contributed by atoms with van der Waals surface area (Å²) in [7, 11) is 1.32. The van der Waals surface area contributed by atoms with Crippen LogP contribution in [0, 0.1) is 0 Å². The van der Waals surface area contributed by atoms with Gasteiger partial charge < -0.3 is 10.1 Å². The molecule has 0 fully saturated rings. The lowest BCUT2D eigenvalue weighted by molar-refractivity contribution is -0.113. The van der Waals surface area contributed by atoms with E-state index in [1.807, 2.05) is 66.0 Å². The van der Waals surface area contributed by atoms with Gasteiger partial charge in [0.2, 0.25) is 5.91 Å². The summed E-state index contributed by atoms with van der Waals surface area (Å²) in [5.74, 6) is -0.819. The van der Waals surface area contributed by atoms with Crippen molar-refractivity contribution in [2.75, 3.05) is 18.2 Å². The molecule has 0 atom stereocenters. The lowest BCUT2D eigenvalue weighted by Crippen LogP contribution is -2.23. The van der Waals surface area contributed by atoms with Gasteiger partial charge in [0.25, 0.3) is 5.56 Å². The average molecular weight is 588 g/mol. The highest BCUT2D eigenvalue weighted by molar-refractivity contribution is 7.99. The highest BCUT2D eigenvalue weighted by Crippen LogP contribution is 2.37. The Balaban J connectivity index is 1.31. The molecule has 0 bridgehead atoms. The number of hydrogen-bond acceptors (Lipinski definition) is 8. The first-order valence-corrected chi connectivity index (χ1v) is 15.5. The molecule has 1 amide bonds. The van der Waals surface area contributed by atoms with E-state index < -0.39 is 5.97 Å². The largest absolute Gasteiger partial charge is 0.465 e. The zero-order valence-electron chi connectivity index (χ0n) is 21.6. The van der Waals surface area contributed by atoms with E-state index in [2.05, 4.69) is 5.32 Å². The summed E-state index contributed by atoms with van der Waals surface area (Å²) in [5.41, 5.74) is 3.62. The van der Waals surface area contributed by atoms with Crippen LogP contribution in [0.1, 0.15) is 33.6 Å². The van der Waals surface area contributed by atoms with Crippen LogP contribution in [0.15, 0.2) is 76.0 Å². The van der Waals surface area contributed by atoms with Crippen LogP contribution in [0.2, 0.25) is 0 Å². The Hall–Kier alpha value is -3.73. The van der Waals surface area contributed by atoms with Crippen LogP contribution in [-0.2, 0) is 22.4 Å². The van der Waals surface area contributed by atoms with Crippen molar-refractivity contribution < 1.29 is 14.3 Å². The number of nitrogens with one attached hydrogen (secondary N) is 1. The number of nitrogens with zero attached hydrogens (tertiary/aromatic N) is 2. The second-order valence-electron chi connectivity index (χ2n) is 9.31.